The van der Waals surface area contributed by atoms with Crippen molar-refractivity contribution in [3.05, 3.63) is 29.6 Å². The highest BCUT2D eigenvalue weighted by molar-refractivity contribution is 5.49. The second-order valence-electron chi connectivity index (χ2n) is 6.02. The van der Waals surface area contributed by atoms with Crippen LogP contribution < -0.4 is 10.2 Å². The van der Waals surface area contributed by atoms with Crippen LogP contribution in [0.4, 0.5) is 10.1 Å². The smallest absolute Gasteiger partial charge is 0.125 e. The molecule has 1 saturated carbocycles. The second kappa shape index (κ2) is 5.70. The number of anilines is 1. The highest BCUT2D eigenvalue weighted by Crippen LogP contribution is 2.26. The van der Waals surface area contributed by atoms with Gasteiger partial charge in [0.05, 0.1) is 12.1 Å². The Morgan fingerprint density at radius 3 is 2.75 bits per heavy atom. The molecule has 2 unspecified atom stereocenters. The molecule has 20 heavy (non-hydrogen) atoms. The van der Waals surface area contributed by atoms with E-state index in [2.05, 4.69) is 23.2 Å². The number of rotatable bonds is 5. The van der Waals surface area contributed by atoms with E-state index in [1.165, 1.54) is 12.8 Å². The molecule has 0 amide bonds. The molecule has 1 aromatic rings. The van der Waals surface area contributed by atoms with Crippen LogP contribution in [0.25, 0.3) is 0 Å². The van der Waals surface area contributed by atoms with Crippen LogP contribution in [-0.4, -0.2) is 31.8 Å². The summed E-state index contributed by atoms with van der Waals surface area (Å²) >= 11 is 0. The summed E-state index contributed by atoms with van der Waals surface area (Å²) in [5, 5.41) is 3.43. The van der Waals surface area contributed by atoms with Crippen molar-refractivity contribution < 1.29 is 9.13 Å². The van der Waals surface area contributed by atoms with Crippen LogP contribution in [0.15, 0.2) is 18.2 Å². The Morgan fingerprint density at radius 2 is 2.10 bits per heavy atom. The van der Waals surface area contributed by atoms with E-state index < -0.39 is 0 Å². The number of benzene rings is 1. The van der Waals surface area contributed by atoms with Crippen LogP contribution in [0.1, 0.15) is 31.7 Å². The average Bonchev–Trinajstić information content (AvgIpc) is 3.16. The van der Waals surface area contributed by atoms with Gasteiger partial charge in [0.1, 0.15) is 5.82 Å². The second-order valence-corrected chi connectivity index (χ2v) is 6.02. The summed E-state index contributed by atoms with van der Waals surface area (Å²) in [7, 11) is 2.03. The van der Waals surface area contributed by atoms with E-state index in [4.69, 9.17) is 4.74 Å². The van der Waals surface area contributed by atoms with Crippen molar-refractivity contribution in [2.45, 2.75) is 50.9 Å². The number of likely N-dealkylation sites (N-methyl/N-ethyl adjacent to an activating group) is 1. The van der Waals surface area contributed by atoms with Gasteiger partial charge in [-0.2, -0.15) is 0 Å². The molecule has 0 spiro atoms. The van der Waals surface area contributed by atoms with Crippen molar-refractivity contribution in [3.8, 4) is 0 Å². The maximum atomic E-state index is 13.8. The molecule has 0 bridgehead atoms. The van der Waals surface area contributed by atoms with Crippen LogP contribution >= 0.6 is 0 Å². The minimum atomic E-state index is -0.159. The first-order valence-corrected chi connectivity index (χ1v) is 7.51. The highest BCUT2D eigenvalue weighted by atomic mass is 19.1. The van der Waals surface area contributed by atoms with Crippen molar-refractivity contribution in [1.82, 2.24) is 5.32 Å². The summed E-state index contributed by atoms with van der Waals surface area (Å²) in [6.45, 7) is 3.63. The van der Waals surface area contributed by atoms with E-state index >= 15 is 0 Å². The molecule has 1 aromatic carbocycles. The molecule has 0 aromatic heterocycles. The molecular formula is C16H23FN2O. The summed E-state index contributed by atoms with van der Waals surface area (Å²) < 4.78 is 19.4. The molecule has 3 rings (SSSR count). The lowest BCUT2D eigenvalue weighted by Crippen LogP contribution is -2.36. The number of hydrogen-bond donors (Lipinski definition) is 1. The maximum Gasteiger partial charge on any atom is 0.125 e. The lowest BCUT2D eigenvalue weighted by atomic mass is 10.1. The number of hydrogen-bond acceptors (Lipinski definition) is 3. The maximum absolute atomic E-state index is 13.8. The Hall–Kier alpha value is -1.13. The predicted molar refractivity (Wildman–Crippen MR) is 78.5 cm³/mol. The molecule has 2 atom stereocenters. The molecule has 110 valence electrons. The van der Waals surface area contributed by atoms with Gasteiger partial charge in [0, 0.05) is 31.9 Å². The van der Waals surface area contributed by atoms with Gasteiger partial charge in [-0.1, -0.05) is 0 Å². The summed E-state index contributed by atoms with van der Waals surface area (Å²) in [5.41, 5.74) is 1.96. The summed E-state index contributed by atoms with van der Waals surface area (Å²) in [4.78, 5) is 2.15. The molecule has 1 aliphatic heterocycles. The number of halogens is 1. The summed E-state index contributed by atoms with van der Waals surface area (Å²) in [6.07, 6.45) is 3.71. The van der Waals surface area contributed by atoms with Crippen LogP contribution in [0.5, 0.6) is 0 Å². The van der Waals surface area contributed by atoms with Crippen LogP contribution in [-0.2, 0) is 11.3 Å². The van der Waals surface area contributed by atoms with E-state index in [0.717, 1.165) is 30.8 Å². The lowest BCUT2D eigenvalue weighted by molar-refractivity contribution is 0.118. The highest BCUT2D eigenvalue weighted by Gasteiger charge is 2.28. The first-order valence-electron chi connectivity index (χ1n) is 7.51. The van der Waals surface area contributed by atoms with Gasteiger partial charge in [-0.15, -0.1) is 0 Å². The number of nitrogens with zero attached hydrogens (tertiary/aromatic N) is 1. The van der Waals surface area contributed by atoms with E-state index in [-0.39, 0.29) is 11.9 Å². The van der Waals surface area contributed by atoms with Crippen molar-refractivity contribution in [3.63, 3.8) is 0 Å². The standard InChI is InChI=1S/C16H23FN2O/c1-11-16(5-6-20-11)19(2)15-8-12(7-13(17)9-15)10-18-14-3-4-14/h7-9,11,14,16,18H,3-6,10H2,1-2H3. The Labute approximate surface area is 120 Å². The summed E-state index contributed by atoms with van der Waals surface area (Å²) in [5.74, 6) is -0.159. The normalized spacial score (nSPS) is 25.9. The van der Waals surface area contributed by atoms with Gasteiger partial charge in [-0.25, -0.2) is 4.39 Å². The molecule has 2 aliphatic rings. The van der Waals surface area contributed by atoms with Crippen LogP contribution in [0.2, 0.25) is 0 Å². The topological polar surface area (TPSA) is 24.5 Å². The first kappa shape index (κ1) is 13.8. The number of nitrogens with one attached hydrogen (secondary N) is 1. The minimum absolute atomic E-state index is 0.159. The molecule has 4 heteroatoms. The van der Waals surface area contributed by atoms with Gasteiger partial charge in [0.2, 0.25) is 0 Å². The SMILES string of the molecule is CC1OCCC1N(C)c1cc(F)cc(CNC2CC2)c1. The third-order valence-corrected chi connectivity index (χ3v) is 4.36. The van der Waals surface area contributed by atoms with Crippen LogP contribution in [0.3, 0.4) is 0 Å². The van der Waals surface area contributed by atoms with Gasteiger partial charge >= 0.3 is 0 Å². The molecule has 1 saturated heterocycles. The lowest BCUT2D eigenvalue weighted by Gasteiger charge is -2.29. The average molecular weight is 278 g/mol. The predicted octanol–water partition coefficient (Wildman–Crippen LogP) is 2.69. The van der Waals surface area contributed by atoms with Gasteiger partial charge in [-0.3, -0.25) is 0 Å². The Kier molecular flexibility index (Phi) is 3.94. The van der Waals surface area contributed by atoms with E-state index in [9.17, 15) is 4.39 Å². The van der Waals surface area contributed by atoms with Gasteiger partial charge < -0.3 is 15.0 Å². The number of ether oxygens (including phenoxy) is 1. The van der Waals surface area contributed by atoms with Crippen molar-refractivity contribution >= 4 is 5.69 Å². The third-order valence-electron chi connectivity index (χ3n) is 4.36. The fourth-order valence-electron chi connectivity index (χ4n) is 2.91. The monoisotopic (exact) mass is 278 g/mol. The van der Waals surface area contributed by atoms with Gasteiger partial charge in [0.15, 0.2) is 0 Å². The van der Waals surface area contributed by atoms with Gasteiger partial charge in [-0.05, 0) is 49.9 Å². The Balaban J connectivity index is 1.73. The molecule has 1 heterocycles. The fraction of sp³-hybridized carbons (Fsp3) is 0.625. The largest absolute Gasteiger partial charge is 0.376 e. The molecule has 2 fully saturated rings. The van der Waals surface area contributed by atoms with E-state index in [1.54, 1.807) is 12.1 Å². The van der Waals surface area contributed by atoms with E-state index in [0.29, 0.717) is 12.1 Å². The molecule has 3 nitrogen and oxygen atoms in total. The zero-order chi connectivity index (χ0) is 14.1. The molecular weight excluding hydrogens is 255 g/mol. The zero-order valence-corrected chi connectivity index (χ0v) is 12.2. The quantitative estimate of drug-likeness (QED) is 0.896. The molecule has 1 N–H and O–H groups in total. The van der Waals surface area contributed by atoms with Crippen LogP contribution in [0, 0.1) is 5.82 Å². The van der Waals surface area contributed by atoms with Crippen molar-refractivity contribution in [1.29, 1.82) is 0 Å². The third kappa shape index (κ3) is 3.13. The fourth-order valence-corrected chi connectivity index (χ4v) is 2.91. The first-order chi connectivity index (χ1) is 9.63. The van der Waals surface area contributed by atoms with E-state index in [1.807, 2.05) is 7.05 Å². The minimum Gasteiger partial charge on any atom is -0.376 e. The van der Waals surface area contributed by atoms with Crippen molar-refractivity contribution in [2.24, 2.45) is 0 Å². The molecule has 0 radical (unpaired) electrons. The zero-order valence-electron chi connectivity index (χ0n) is 12.2. The Morgan fingerprint density at radius 1 is 1.30 bits per heavy atom. The Bertz CT molecular complexity index is 476. The molecule has 1 aliphatic carbocycles. The van der Waals surface area contributed by atoms with Gasteiger partial charge in [0.25, 0.3) is 0 Å². The summed E-state index contributed by atoms with van der Waals surface area (Å²) in [6, 6.07) is 6.31. The van der Waals surface area contributed by atoms with Crippen molar-refractivity contribution in [2.75, 3.05) is 18.6 Å².